The molecule has 0 radical (unpaired) electrons. The molecule has 156 valence electrons. The van der Waals surface area contributed by atoms with Crippen LogP contribution in [0.4, 0.5) is 5.69 Å². The Balaban J connectivity index is 1.96. The van der Waals surface area contributed by atoms with Crippen molar-refractivity contribution in [2.75, 3.05) is 18.5 Å². The molecule has 0 saturated heterocycles. The van der Waals surface area contributed by atoms with E-state index in [1.54, 1.807) is 20.8 Å². The van der Waals surface area contributed by atoms with Gasteiger partial charge in [-0.2, -0.15) is 0 Å². The average Bonchev–Trinajstić information content (AvgIpc) is 3.00. The molecule has 7 heteroatoms. The lowest BCUT2D eigenvalue weighted by atomic mass is 9.99. The lowest BCUT2D eigenvalue weighted by Crippen LogP contribution is -2.21. The number of anilines is 1. The van der Waals surface area contributed by atoms with E-state index in [0.29, 0.717) is 28.4 Å². The standard InChI is InChI=1S/C22H28N2O5/c1-6-13(3)16-8-10-17(11-9-16)24-18(25)12-29-22(27)20-14(4)19(15(5)23-20)21(26)28-7-2/h8-11,13,23H,6-7,12H2,1-5H3,(H,24,25)/t13-/m0/s1. The van der Waals surface area contributed by atoms with Crippen LogP contribution < -0.4 is 5.32 Å². The fourth-order valence-electron chi connectivity index (χ4n) is 2.99. The molecule has 0 spiro atoms. The van der Waals surface area contributed by atoms with Gasteiger partial charge < -0.3 is 19.8 Å². The van der Waals surface area contributed by atoms with E-state index in [9.17, 15) is 14.4 Å². The zero-order chi connectivity index (χ0) is 21.6. The van der Waals surface area contributed by atoms with Gasteiger partial charge in [0.05, 0.1) is 12.2 Å². The Bertz CT molecular complexity index is 883. The number of nitrogens with one attached hydrogen (secondary N) is 2. The Morgan fingerprint density at radius 1 is 1.03 bits per heavy atom. The molecule has 0 aliphatic heterocycles. The summed E-state index contributed by atoms with van der Waals surface area (Å²) in [7, 11) is 0. The molecule has 1 atom stereocenters. The average molecular weight is 400 g/mol. The van der Waals surface area contributed by atoms with E-state index < -0.39 is 24.5 Å². The number of hydrogen-bond acceptors (Lipinski definition) is 5. The molecule has 1 amide bonds. The van der Waals surface area contributed by atoms with Gasteiger partial charge in [0, 0.05) is 11.4 Å². The molecule has 2 rings (SSSR count). The third-order valence-electron chi connectivity index (χ3n) is 4.83. The number of carbonyl (C=O) groups is 3. The number of carbonyl (C=O) groups excluding carboxylic acids is 3. The number of hydrogen-bond donors (Lipinski definition) is 2. The molecule has 0 fully saturated rings. The highest BCUT2D eigenvalue weighted by Gasteiger charge is 2.24. The van der Waals surface area contributed by atoms with Gasteiger partial charge >= 0.3 is 11.9 Å². The van der Waals surface area contributed by atoms with Crippen molar-refractivity contribution in [3.8, 4) is 0 Å². The SMILES string of the molecule is CCOC(=O)c1c(C)[nH]c(C(=O)OCC(=O)Nc2ccc([C@@H](C)CC)cc2)c1C. The molecule has 0 saturated carbocycles. The van der Waals surface area contributed by atoms with Crippen LogP contribution in [0.1, 0.15) is 70.8 Å². The minimum Gasteiger partial charge on any atom is -0.462 e. The largest absolute Gasteiger partial charge is 0.462 e. The topological polar surface area (TPSA) is 97.5 Å². The van der Waals surface area contributed by atoms with Gasteiger partial charge in [-0.25, -0.2) is 9.59 Å². The number of aryl methyl sites for hydroxylation is 1. The highest BCUT2D eigenvalue weighted by Crippen LogP contribution is 2.21. The second-order valence-electron chi connectivity index (χ2n) is 6.90. The van der Waals surface area contributed by atoms with Crippen molar-refractivity contribution in [1.29, 1.82) is 0 Å². The van der Waals surface area contributed by atoms with Crippen molar-refractivity contribution in [2.24, 2.45) is 0 Å². The molecule has 0 bridgehead atoms. The minimum atomic E-state index is -0.705. The van der Waals surface area contributed by atoms with E-state index in [1.165, 1.54) is 5.56 Å². The second kappa shape index (κ2) is 9.91. The minimum absolute atomic E-state index is 0.135. The van der Waals surface area contributed by atoms with E-state index in [1.807, 2.05) is 24.3 Å². The summed E-state index contributed by atoms with van der Waals surface area (Å²) in [5, 5.41) is 2.70. The van der Waals surface area contributed by atoms with Crippen LogP contribution in [0.3, 0.4) is 0 Å². The summed E-state index contributed by atoms with van der Waals surface area (Å²) in [6.07, 6.45) is 1.04. The van der Waals surface area contributed by atoms with Crippen molar-refractivity contribution < 1.29 is 23.9 Å². The highest BCUT2D eigenvalue weighted by atomic mass is 16.5. The number of aromatic nitrogens is 1. The lowest BCUT2D eigenvalue weighted by molar-refractivity contribution is -0.119. The Labute approximate surface area is 170 Å². The molecule has 0 aliphatic rings. The molecule has 7 nitrogen and oxygen atoms in total. The monoisotopic (exact) mass is 400 g/mol. The third kappa shape index (κ3) is 5.47. The summed E-state index contributed by atoms with van der Waals surface area (Å²) in [6.45, 7) is 9.08. The maximum atomic E-state index is 12.3. The van der Waals surface area contributed by atoms with Gasteiger partial charge in [-0.3, -0.25) is 4.79 Å². The molecule has 0 unspecified atom stereocenters. The Kier molecular flexibility index (Phi) is 7.59. The zero-order valence-electron chi connectivity index (χ0n) is 17.5. The smallest absolute Gasteiger partial charge is 0.355 e. The number of aromatic amines is 1. The van der Waals surface area contributed by atoms with E-state index in [-0.39, 0.29) is 12.3 Å². The van der Waals surface area contributed by atoms with Gasteiger partial charge in [-0.05, 0) is 56.4 Å². The molecule has 2 aromatic rings. The summed E-state index contributed by atoms with van der Waals surface area (Å²) >= 11 is 0. The third-order valence-corrected chi connectivity index (χ3v) is 4.83. The van der Waals surface area contributed by atoms with Crippen molar-refractivity contribution in [1.82, 2.24) is 4.98 Å². The summed E-state index contributed by atoms with van der Waals surface area (Å²) in [5.74, 6) is -1.20. The molecular weight excluding hydrogens is 372 g/mol. The van der Waals surface area contributed by atoms with Crippen LogP contribution in [0.2, 0.25) is 0 Å². The van der Waals surface area contributed by atoms with E-state index in [0.717, 1.165) is 6.42 Å². The highest BCUT2D eigenvalue weighted by molar-refractivity contribution is 5.99. The molecule has 1 heterocycles. The number of amides is 1. The van der Waals surface area contributed by atoms with E-state index in [2.05, 4.69) is 24.1 Å². The number of benzene rings is 1. The van der Waals surface area contributed by atoms with Crippen LogP contribution in [-0.4, -0.2) is 36.0 Å². The van der Waals surface area contributed by atoms with Gasteiger partial charge in [0.25, 0.3) is 5.91 Å². The van der Waals surface area contributed by atoms with Crippen molar-refractivity contribution >= 4 is 23.5 Å². The van der Waals surface area contributed by atoms with Crippen LogP contribution in [0.15, 0.2) is 24.3 Å². The summed E-state index contributed by atoms with van der Waals surface area (Å²) in [6, 6.07) is 7.59. The molecular formula is C22H28N2O5. The number of ether oxygens (including phenoxy) is 2. The first kappa shape index (κ1) is 22.2. The van der Waals surface area contributed by atoms with Crippen LogP contribution >= 0.6 is 0 Å². The molecule has 1 aromatic carbocycles. The summed E-state index contributed by atoms with van der Waals surface area (Å²) in [4.78, 5) is 39.3. The molecule has 0 aliphatic carbocycles. The van der Waals surface area contributed by atoms with Crippen LogP contribution in [-0.2, 0) is 14.3 Å². The lowest BCUT2D eigenvalue weighted by Gasteiger charge is -2.10. The van der Waals surface area contributed by atoms with Crippen molar-refractivity contribution in [3.05, 3.63) is 52.3 Å². The predicted molar refractivity (Wildman–Crippen MR) is 110 cm³/mol. The predicted octanol–water partition coefficient (Wildman–Crippen LogP) is 4.12. The van der Waals surface area contributed by atoms with Gasteiger partial charge in [0.1, 0.15) is 5.69 Å². The number of H-pyrrole nitrogens is 1. The van der Waals surface area contributed by atoms with Gasteiger partial charge in [0.15, 0.2) is 6.61 Å². The zero-order valence-corrected chi connectivity index (χ0v) is 17.5. The van der Waals surface area contributed by atoms with Crippen LogP contribution in [0, 0.1) is 13.8 Å². The van der Waals surface area contributed by atoms with Crippen LogP contribution in [0.25, 0.3) is 0 Å². The molecule has 1 aromatic heterocycles. The maximum Gasteiger partial charge on any atom is 0.355 e. The Hall–Kier alpha value is -3.09. The Morgan fingerprint density at radius 2 is 1.69 bits per heavy atom. The second-order valence-corrected chi connectivity index (χ2v) is 6.90. The Morgan fingerprint density at radius 3 is 2.28 bits per heavy atom. The van der Waals surface area contributed by atoms with Crippen molar-refractivity contribution in [3.63, 3.8) is 0 Å². The van der Waals surface area contributed by atoms with Gasteiger partial charge in [-0.15, -0.1) is 0 Å². The quantitative estimate of drug-likeness (QED) is 0.650. The molecule has 29 heavy (non-hydrogen) atoms. The van der Waals surface area contributed by atoms with Crippen molar-refractivity contribution in [2.45, 2.75) is 47.0 Å². The normalized spacial score (nSPS) is 11.6. The fourth-order valence-corrected chi connectivity index (χ4v) is 2.99. The van der Waals surface area contributed by atoms with E-state index in [4.69, 9.17) is 9.47 Å². The summed E-state index contributed by atoms with van der Waals surface area (Å²) < 4.78 is 10.1. The fraction of sp³-hybridized carbons (Fsp3) is 0.409. The van der Waals surface area contributed by atoms with Gasteiger partial charge in [0.2, 0.25) is 0 Å². The van der Waals surface area contributed by atoms with E-state index >= 15 is 0 Å². The molecule has 2 N–H and O–H groups in total. The number of rotatable bonds is 8. The number of esters is 2. The first-order valence-corrected chi connectivity index (χ1v) is 9.71. The first-order valence-electron chi connectivity index (χ1n) is 9.71. The van der Waals surface area contributed by atoms with Gasteiger partial charge in [-0.1, -0.05) is 26.0 Å². The summed E-state index contributed by atoms with van der Waals surface area (Å²) in [5.41, 5.74) is 3.23. The van der Waals surface area contributed by atoms with Crippen LogP contribution in [0.5, 0.6) is 0 Å². The first-order chi connectivity index (χ1) is 13.8. The maximum absolute atomic E-state index is 12.3.